The van der Waals surface area contributed by atoms with Crippen LogP contribution in [0.2, 0.25) is 0 Å². The van der Waals surface area contributed by atoms with Crippen LogP contribution in [0.25, 0.3) is 0 Å². The van der Waals surface area contributed by atoms with Gasteiger partial charge in [0.25, 0.3) is 5.89 Å². The molecule has 0 fully saturated rings. The maximum absolute atomic E-state index is 11.8. The molecule has 0 aliphatic rings. The number of carbonyl (C=O) groups is 1. The number of carbonyl (C=O) groups excluding carboxylic acids is 1. The van der Waals surface area contributed by atoms with Crippen molar-refractivity contribution in [1.82, 2.24) is 10.1 Å². The number of hydrogen-bond acceptors (Lipinski definition) is 5. The van der Waals surface area contributed by atoms with E-state index in [1.807, 2.05) is 19.1 Å². The molecule has 1 unspecified atom stereocenters. The highest BCUT2D eigenvalue weighted by Gasteiger charge is 2.18. The van der Waals surface area contributed by atoms with Crippen molar-refractivity contribution >= 4 is 5.97 Å². The van der Waals surface area contributed by atoms with Crippen LogP contribution in [0, 0.1) is 13.8 Å². The zero-order chi connectivity index (χ0) is 13.1. The monoisotopic (exact) mass is 246 g/mol. The van der Waals surface area contributed by atoms with E-state index < -0.39 is 12.1 Å². The average molecular weight is 246 g/mol. The summed E-state index contributed by atoms with van der Waals surface area (Å²) >= 11 is 0. The second kappa shape index (κ2) is 5.00. The Hall–Kier alpha value is -2.17. The van der Waals surface area contributed by atoms with Gasteiger partial charge in [-0.05, 0) is 32.9 Å². The maximum Gasteiger partial charge on any atom is 0.338 e. The van der Waals surface area contributed by atoms with E-state index in [2.05, 4.69) is 10.1 Å². The van der Waals surface area contributed by atoms with Gasteiger partial charge >= 0.3 is 5.97 Å². The number of esters is 1. The molecular weight excluding hydrogens is 232 g/mol. The molecule has 2 aromatic rings. The summed E-state index contributed by atoms with van der Waals surface area (Å²) in [5.41, 5.74) is 1.59. The van der Waals surface area contributed by atoms with Gasteiger partial charge in [-0.3, -0.25) is 0 Å². The van der Waals surface area contributed by atoms with E-state index in [1.54, 1.807) is 26.0 Å². The summed E-state index contributed by atoms with van der Waals surface area (Å²) in [7, 11) is 0. The van der Waals surface area contributed by atoms with Gasteiger partial charge in [-0.1, -0.05) is 22.9 Å². The van der Waals surface area contributed by atoms with Gasteiger partial charge in [-0.15, -0.1) is 0 Å². The van der Waals surface area contributed by atoms with Gasteiger partial charge in [0.2, 0.25) is 0 Å². The van der Waals surface area contributed by atoms with Gasteiger partial charge < -0.3 is 9.26 Å². The highest BCUT2D eigenvalue weighted by molar-refractivity contribution is 5.89. The summed E-state index contributed by atoms with van der Waals surface area (Å²) in [6.45, 7) is 5.36. The van der Waals surface area contributed by atoms with Crippen LogP contribution in [-0.4, -0.2) is 16.1 Å². The smallest absolute Gasteiger partial charge is 0.338 e. The van der Waals surface area contributed by atoms with E-state index in [-0.39, 0.29) is 0 Å². The fraction of sp³-hybridized carbons (Fsp3) is 0.308. The number of hydrogen-bond donors (Lipinski definition) is 0. The van der Waals surface area contributed by atoms with Crippen LogP contribution in [-0.2, 0) is 4.74 Å². The highest BCUT2D eigenvalue weighted by atomic mass is 16.6. The fourth-order valence-electron chi connectivity index (χ4n) is 1.45. The van der Waals surface area contributed by atoms with Crippen molar-refractivity contribution in [1.29, 1.82) is 0 Å². The zero-order valence-corrected chi connectivity index (χ0v) is 10.5. The van der Waals surface area contributed by atoms with E-state index in [4.69, 9.17) is 9.26 Å². The Kier molecular flexibility index (Phi) is 3.41. The van der Waals surface area contributed by atoms with Crippen molar-refractivity contribution in [3.8, 4) is 0 Å². The summed E-state index contributed by atoms with van der Waals surface area (Å²) in [6, 6.07) is 7.17. The lowest BCUT2D eigenvalue weighted by molar-refractivity contribution is 0.0265. The molecule has 0 saturated heterocycles. The third kappa shape index (κ3) is 2.74. The number of rotatable bonds is 3. The molecular formula is C13H14N2O3. The molecule has 0 N–H and O–H groups in total. The quantitative estimate of drug-likeness (QED) is 0.779. The van der Waals surface area contributed by atoms with Crippen molar-refractivity contribution in [3.05, 3.63) is 47.1 Å². The first-order valence-corrected chi connectivity index (χ1v) is 5.64. The molecule has 1 aromatic carbocycles. The van der Waals surface area contributed by atoms with Crippen LogP contribution in [0.1, 0.15) is 40.7 Å². The lowest BCUT2D eigenvalue weighted by Crippen LogP contribution is -2.09. The first-order valence-electron chi connectivity index (χ1n) is 5.64. The molecule has 0 saturated carbocycles. The van der Waals surface area contributed by atoms with Crippen LogP contribution >= 0.6 is 0 Å². The highest BCUT2D eigenvalue weighted by Crippen LogP contribution is 2.16. The third-order valence-electron chi connectivity index (χ3n) is 2.46. The van der Waals surface area contributed by atoms with Gasteiger partial charge in [0.05, 0.1) is 5.56 Å². The summed E-state index contributed by atoms with van der Waals surface area (Å²) in [5, 5.41) is 3.65. The van der Waals surface area contributed by atoms with Crippen molar-refractivity contribution in [2.24, 2.45) is 0 Å². The van der Waals surface area contributed by atoms with Gasteiger partial charge in [0.15, 0.2) is 11.9 Å². The first-order chi connectivity index (χ1) is 8.56. The van der Waals surface area contributed by atoms with E-state index in [1.165, 1.54) is 0 Å². The van der Waals surface area contributed by atoms with Gasteiger partial charge in [0.1, 0.15) is 0 Å². The molecule has 1 atom stereocenters. The van der Waals surface area contributed by atoms with Gasteiger partial charge in [-0.2, -0.15) is 4.98 Å². The Morgan fingerprint density at radius 2 is 1.94 bits per heavy atom. The molecule has 1 heterocycles. The molecule has 5 heteroatoms. The lowest BCUT2D eigenvalue weighted by atomic mass is 10.1. The van der Waals surface area contributed by atoms with E-state index >= 15 is 0 Å². The van der Waals surface area contributed by atoms with E-state index in [9.17, 15) is 4.79 Å². The number of aromatic nitrogens is 2. The Morgan fingerprint density at radius 1 is 1.28 bits per heavy atom. The molecule has 0 aliphatic carbocycles. The second-order valence-corrected chi connectivity index (χ2v) is 4.09. The standard InChI is InChI=1S/C13H14N2O3/c1-8-4-6-11(7-5-8)13(16)17-9(2)12-14-10(3)15-18-12/h4-7,9H,1-3H3. The Labute approximate surface area is 105 Å². The van der Waals surface area contributed by atoms with Crippen molar-refractivity contribution < 1.29 is 14.1 Å². The zero-order valence-electron chi connectivity index (χ0n) is 10.5. The van der Waals surface area contributed by atoms with Crippen molar-refractivity contribution in [2.75, 3.05) is 0 Å². The fourth-order valence-corrected chi connectivity index (χ4v) is 1.45. The van der Waals surface area contributed by atoms with Crippen LogP contribution in [0.3, 0.4) is 0 Å². The molecule has 94 valence electrons. The first kappa shape index (κ1) is 12.3. The second-order valence-electron chi connectivity index (χ2n) is 4.09. The maximum atomic E-state index is 11.8. The van der Waals surface area contributed by atoms with E-state index in [0.717, 1.165) is 5.56 Å². The predicted molar refractivity (Wildman–Crippen MR) is 64.0 cm³/mol. The van der Waals surface area contributed by atoms with Crippen LogP contribution < -0.4 is 0 Å². The molecule has 0 bridgehead atoms. The number of nitrogens with zero attached hydrogens (tertiary/aromatic N) is 2. The SMILES string of the molecule is Cc1ccc(C(=O)OC(C)c2nc(C)no2)cc1. The van der Waals surface area contributed by atoms with Crippen LogP contribution in [0.4, 0.5) is 0 Å². The van der Waals surface area contributed by atoms with Crippen LogP contribution in [0.5, 0.6) is 0 Å². The minimum Gasteiger partial charge on any atom is -0.449 e. The Balaban J connectivity index is 2.05. The Bertz CT molecular complexity index is 546. The van der Waals surface area contributed by atoms with Crippen molar-refractivity contribution in [3.63, 3.8) is 0 Å². The van der Waals surface area contributed by atoms with Gasteiger partial charge in [-0.25, -0.2) is 4.79 Å². The molecule has 0 radical (unpaired) electrons. The predicted octanol–water partition coefficient (Wildman–Crippen LogP) is 2.60. The van der Waals surface area contributed by atoms with Crippen LogP contribution in [0.15, 0.2) is 28.8 Å². The molecule has 0 aliphatic heterocycles. The summed E-state index contributed by atoms with van der Waals surface area (Å²) in [5.74, 6) is 0.412. The molecule has 0 amide bonds. The third-order valence-corrected chi connectivity index (χ3v) is 2.46. The molecule has 0 spiro atoms. The molecule has 5 nitrogen and oxygen atoms in total. The lowest BCUT2D eigenvalue weighted by Gasteiger charge is -2.09. The summed E-state index contributed by atoms with van der Waals surface area (Å²) < 4.78 is 10.2. The number of aryl methyl sites for hydroxylation is 2. The molecule has 18 heavy (non-hydrogen) atoms. The summed E-state index contributed by atoms with van der Waals surface area (Å²) in [6.07, 6.45) is -0.556. The Morgan fingerprint density at radius 3 is 2.50 bits per heavy atom. The number of ether oxygens (including phenoxy) is 1. The van der Waals surface area contributed by atoms with Gasteiger partial charge in [0, 0.05) is 0 Å². The van der Waals surface area contributed by atoms with E-state index in [0.29, 0.717) is 17.3 Å². The minimum atomic E-state index is -0.556. The molecule has 2 rings (SSSR count). The van der Waals surface area contributed by atoms with Crippen molar-refractivity contribution in [2.45, 2.75) is 26.9 Å². The largest absolute Gasteiger partial charge is 0.449 e. The minimum absolute atomic E-state index is 0.299. The molecule has 1 aromatic heterocycles. The summed E-state index contributed by atoms with van der Waals surface area (Å²) in [4.78, 5) is 15.9. The topological polar surface area (TPSA) is 65.2 Å². The average Bonchev–Trinajstić information content (AvgIpc) is 2.76. The normalized spacial score (nSPS) is 12.2. The number of benzene rings is 1.